The van der Waals surface area contributed by atoms with Crippen LogP contribution in [0.4, 0.5) is 10.2 Å². The summed E-state index contributed by atoms with van der Waals surface area (Å²) in [6.45, 7) is 2.26. The Morgan fingerprint density at radius 2 is 2.09 bits per heavy atom. The first-order valence-electron chi connectivity index (χ1n) is 10.9. The molecule has 5 rings (SSSR count). The number of aromatic nitrogens is 3. The molecule has 0 saturated carbocycles. The number of hydrogen-bond donors (Lipinski definition) is 3. The highest BCUT2D eigenvalue weighted by Crippen LogP contribution is 2.32. The van der Waals surface area contributed by atoms with Gasteiger partial charge in [0.25, 0.3) is 11.5 Å². The summed E-state index contributed by atoms with van der Waals surface area (Å²) in [4.78, 5) is 37.7. The molecule has 0 bridgehead atoms. The lowest BCUT2D eigenvalue weighted by Crippen LogP contribution is -2.36. The Morgan fingerprint density at radius 3 is 2.84 bits per heavy atom. The van der Waals surface area contributed by atoms with E-state index in [1.54, 1.807) is 12.1 Å². The van der Waals surface area contributed by atoms with Gasteiger partial charge in [-0.1, -0.05) is 12.2 Å². The van der Waals surface area contributed by atoms with E-state index in [1.807, 2.05) is 6.08 Å². The number of carbonyl (C=O) groups excluding carboxylic acids is 1. The standard InChI is InChI=1S/C23H25FN6O2/c1-25-23(32)18-5-4-16(19(24)27-18)13-7-10-30(11-8-13)15-3-2-14(12-15)20-28-21-17(6-9-26-21)22(31)29-20/h4-5,7,12,15H,2-3,6,8-11H2,1H3,(H,25,32)(H2,26,28,29,31). The molecule has 2 aliphatic heterocycles. The number of allylic oxidation sites excluding steroid dienone is 1. The summed E-state index contributed by atoms with van der Waals surface area (Å²) in [6.07, 6.45) is 7.47. The minimum Gasteiger partial charge on any atom is -0.369 e. The Morgan fingerprint density at radius 1 is 1.22 bits per heavy atom. The Bertz CT molecular complexity index is 1200. The van der Waals surface area contributed by atoms with Gasteiger partial charge in [0.15, 0.2) is 0 Å². The highest BCUT2D eigenvalue weighted by Gasteiger charge is 2.27. The molecule has 2 aromatic heterocycles. The molecule has 3 N–H and O–H groups in total. The second-order valence-corrected chi connectivity index (χ2v) is 8.30. The average molecular weight is 436 g/mol. The number of anilines is 1. The van der Waals surface area contributed by atoms with Crippen LogP contribution in [0, 0.1) is 5.95 Å². The zero-order chi connectivity index (χ0) is 22.2. The van der Waals surface area contributed by atoms with Gasteiger partial charge in [0.1, 0.15) is 17.3 Å². The van der Waals surface area contributed by atoms with E-state index in [1.165, 1.54) is 7.05 Å². The fourth-order valence-corrected chi connectivity index (χ4v) is 4.68. The van der Waals surface area contributed by atoms with E-state index < -0.39 is 11.9 Å². The third-order valence-corrected chi connectivity index (χ3v) is 6.45. The number of fused-ring (bicyclic) bond motifs is 1. The first kappa shape index (κ1) is 20.6. The van der Waals surface area contributed by atoms with E-state index in [2.05, 4.69) is 36.6 Å². The first-order chi connectivity index (χ1) is 15.5. The van der Waals surface area contributed by atoms with Gasteiger partial charge in [-0.3, -0.25) is 14.5 Å². The lowest BCUT2D eigenvalue weighted by atomic mass is 9.99. The van der Waals surface area contributed by atoms with Gasteiger partial charge in [0, 0.05) is 38.3 Å². The zero-order valence-electron chi connectivity index (χ0n) is 17.9. The fourth-order valence-electron chi connectivity index (χ4n) is 4.68. The number of rotatable bonds is 4. The summed E-state index contributed by atoms with van der Waals surface area (Å²) in [5.74, 6) is 0.340. The van der Waals surface area contributed by atoms with Gasteiger partial charge in [-0.2, -0.15) is 4.39 Å². The molecule has 8 nitrogen and oxygen atoms in total. The predicted octanol–water partition coefficient (Wildman–Crippen LogP) is 1.97. The Hall–Kier alpha value is -3.33. The average Bonchev–Trinajstić information content (AvgIpc) is 3.49. The second-order valence-electron chi connectivity index (χ2n) is 8.30. The molecular formula is C23H25FN6O2. The summed E-state index contributed by atoms with van der Waals surface area (Å²) >= 11 is 0. The summed E-state index contributed by atoms with van der Waals surface area (Å²) < 4.78 is 14.5. The van der Waals surface area contributed by atoms with Crippen LogP contribution in [0.1, 0.15) is 46.7 Å². The van der Waals surface area contributed by atoms with E-state index >= 15 is 0 Å². The van der Waals surface area contributed by atoms with Crippen LogP contribution in [0.3, 0.4) is 0 Å². The number of H-pyrrole nitrogens is 1. The SMILES string of the molecule is CNC(=O)c1ccc(C2=CCN(C3C=C(c4nc5c(c(=O)[nH]4)CCN5)CC3)CC2)c(F)n1. The van der Waals surface area contributed by atoms with E-state index in [4.69, 9.17) is 0 Å². The molecule has 1 unspecified atom stereocenters. The van der Waals surface area contributed by atoms with Crippen molar-refractivity contribution in [3.05, 3.63) is 63.2 Å². The molecule has 4 heterocycles. The number of pyridine rings is 1. The highest BCUT2D eigenvalue weighted by molar-refractivity contribution is 5.92. The lowest BCUT2D eigenvalue weighted by Gasteiger charge is -2.30. The summed E-state index contributed by atoms with van der Waals surface area (Å²) in [5, 5.41) is 5.64. The van der Waals surface area contributed by atoms with Gasteiger partial charge in [-0.05, 0) is 49.0 Å². The van der Waals surface area contributed by atoms with Crippen LogP contribution in [-0.4, -0.2) is 58.5 Å². The normalized spacial score (nSPS) is 20.4. The van der Waals surface area contributed by atoms with E-state index in [0.29, 0.717) is 36.6 Å². The lowest BCUT2D eigenvalue weighted by molar-refractivity contribution is 0.0957. The minimum atomic E-state index is -0.617. The molecule has 166 valence electrons. The summed E-state index contributed by atoms with van der Waals surface area (Å²) in [7, 11) is 1.49. The fraction of sp³-hybridized carbons (Fsp3) is 0.391. The molecule has 3 aliphatic rings. The number of carbonyl (C=O) groups is 1. The monoisotopic (exact) mass is 436 g/mol. The van der Waals surface area contributed by atoms with Crippen molar-refractivity contribution in [2.24, 2.45) is 0 Å². The van der Waals surface area contributed by atoms with E-state index in [0.717, 1.165) is 42.6 Å². The Labute approximate surface area is 184 Å². The van der Waals surface area contributed by atoms with Crippen molar-refractivity contribution < 1.29 is 9.18 Å². The molecule has 0 fully saturated rings. The minimum absolute atomic E-state index is 0.0528. The van der Waals surface area contributed by atoms with E-state index in [-0.39, 0.29) is 17.3 Å². The van der Waals surface area contributed by atoms with Crippen molar-refractivity contribution in [1.29, 1.82) is 0 Å². The predicted molar refractivity (Wildman–Crippen MR) is 120 cm³/mol. The van der Waals surface area contributed by atoms with Crippen LogP contribution < -0.4 is 16.2 Å². The molecule has 1 atom stereocenters. The maximum absolute atomic E-state index is 14.5. The maximum atomic E-state index is 14.5. The molecule has 2 aromatic rings. The van der Waals surface area contributed by atoms with Crippen molar-refractivity contribution in [2.45, 2.75) is 31.7 Å². The van der Waals surface area contributed by atoms with Crippen LogP contribution in [0.15, 0.2) is 29.1 Å². The van der Waals surface area contributed by atoms with Crippen LogP contribution in [0.2, 0.25) is 0 Å². The quantitative estimate of drug-likeness (QED) is 0.634. The molecule has 9 heteroatoms. The van der Waals surface area contributed by atoms with Crippen molar-refractivity contribution in [2.75, 3.05) is 32.0 Å². The van der Waals surface area contributed by atoms with Crippen molar-refractivity contribution in [3.63, 3.8) is 0 Å². The van der Waals surface area contributed by atoms with Crippen molar-refractivity contribution in [3.8, 4) is 0 Å². The van der Waals surface area contributed by atoms with Gasteiger partial charge >= 0.3 is 0 Å². The van der Waals surface area contributed by atoms with E-state index in [9.17, 15) is 14.0 Å². The molecule has 0 spiro atoms. The zero-order valence-corrected chi connectivity index (χ0v) is 17.9. The first-order valence-corrected chi connectivity index (χ1v) is 10.9. The molecule has 0 saturated heterocycles. The molecule has 1 aliphatic carbocycles. The third kappa shape index (κ3) is 3.73. The molecule has 32 heavy (non-hydrogen) atoms. The Balaban J connectivity index is 1.30. The molecule has 0 radical (unpaired) electrons. The van der Waals surface area contributed by atoms with Gasteiger partial charge in [0.05, 0.1) is 5.56 Å². The van der Waals surface area contributed by atoms with Crippen molar-refractivity contribution in [1.82, 2.24) is 25.2 Å². The number of nitrogens with one attached hydrogen (secondary N) is 3. The van der Waals surface area contributed by atoms with Crippen LogP contribution in [0.25, 0.3) is 11.1 Å². The summed E-state index contributed by atoms with van der Waals surface area (Å²) in [5.41, 5.74) is 3.19. The van der Waals surface area contributed by atoms with Crippen LogP contribution >= 0.6 is 0 Å². The number of hydrogen-bond acceptors (Lipinski definition) is 6. The number of aromatic amines is 1. The largest absolute Gasteiger partial charge is 0.369 e. The number of halogens is 1. The molecule has 1 amide bonds. The topological polar surface area (TPSA) is 103 Å². The van der Waals surface area contributed by atoms with Gasteiger partial charge in [0.2, 0.25) is 5.95 Å². The maximum Gasteiger partial charge on any atom is 0.269 e. The smallest absolute Gasteiger partial charge is 0.269 e. The van der Waals surface area contributed by atoms with Gasteiger partial charge < -0.3 is 15.6 Å². The second kappa shape index (κ2) is 8.31. The molecule has 0 aromatic carbocycles. The molecular weight excluding hydrogens is 411 g/mol. The highest BCUT2D eigenvalue weighted by atomic mass is 19.1. The van der Waals surface area contributed by atoms with Gasteiger partial charge in [-0.15, -0.1) is 0 Å². The van der Waals surface area contributed by atoms with Crippen LogP contribution in [0.5, 0.6) is 0 Å². The van der Waals surface area contributed by atoms with Gasteiger partial charge in [-0.25, -0.2) is 9.97 Å². The number of nitrogens with zero attached hydrogens (tertiary/aromatic N) is 3. The number of amides is 1. The van der Waals surface area contributed by atoms with Crippen molar-refractivity contribution >= 4 is 22.9 Å². The third-order valence-electron chi connectivity index (χ3n) is 6.45. The summed E-state index contributed by atoms with van der Waals surface area (Å²) in [6, 6.07) is 3.44. The Kier molecular flexibility index (Phi) is 5.34. The van der Waals surface area contributed by atoms with Crippen LogP contribution in [-0.2, 0) is 6.42 Å².